The topological polar surface area (TPSA) is 94.3 Å². The van der Waals surface area contributed by atoms with Crippen molar-refractivity contribution >= 4 is 0 Å². The van der Waals surface area contributed by atoms with Crippen molar-refractivity contribution in [2.24, 2.45) is 0 Å². The minimum Gasteiger partial charge on any atom is -0.293 e. The summed E-state index contributed by atoms with van der Waals surface area (Å²) in [6, 6.07) is 12.7. The fraction of sp³-hybridized carbons (Fsp3) is 0.464. The van der Waals surface area contributed by atoms with Crippen LogP contribution in [0.4, 0.5) is 0 Å². The van der Waals surface area contributed by atoms with Gasteiger partial charge in [0.1, 0.15) is 5.69 Å². The van der Waals surface area contributed by atoms with E-state index in [1.165, 1.54) is 43.5 Å². The minimum atomic E-state index is 0.155. The van der Waals surface area contributed by atoms with Crippen molar-refractivity contribution in [1.29, 1.82) is 0 Å². The van der Waals surface area contributed by atoms with Gasteiger partial charge < -0.3 is 0 Å². The minimum absolute atomic E-state index is 0.155. The van der Waals surface area contributed by atoms with Crippen molar-refractivity contribution in [3.8, 4) is 22.6 Å². The lowest BCUT2D eigenvalue weighted by Crippen LogP contribution is -2.29. The number of imidazole rings is 1. The van der Waals surface area contributed by atoms with E-state index in [-0.39, 0.29) is 5.69 Å². The molecule has 0 unspecified atom stereocenters. The molecule has 0 amide bonds. The number of unbranched alkanes of at least 4 members (excludes halogenated alkanes) is 2. The van der Waals surface area contributed by atoms with E-state index in [4.69, 9.17) is 0 Å². The molecule has 8 nitrogen and oxygen atoms in total. The van der Waals surface area contributed by atoms with E-state index >= 15 is 0 Å². The van der Waals surface area contributed by atoms with E-state index in [1.807, 2.05) is 16.7 Å². The van der Waals surface area contributed by atoms with Gasteiger partial charge in [0.25, 0.3) is 0 Å². The van der Waals surface area contributed by atoms with Crippen molar-refractivity contribution < 1.29 is 0 Å². The molecule has 36 heavy (non-hydrogen) atoms. The maximum absolute atomic E-state index is 13.7. The second-order valence-corrected chi connectivity index (χ2v) is 9.87. The summed E-state index contributed by atoms with van der Waals surface area (Å²) in [5.41, 5.74) is 6.34. The first kappa shape index (κ1) is 24.2. The van der Waals surface area contributed by atoms with E-state index in [2.05, 4.69) is 68.3 Å². The van der Waals surface area contributed by atoms with Crippen molar-refractivity contribution in [2.45, 2.75) is 84.2 Å². The van der Waals surface area contributed by atoms with Gasteiger partial charge in [-0.1, -0.05) is 69.4 Å². The molecule has 4 aromatic rings. The number of hydrogen-bond acceptors (Lipinski definition) is 5. The molecule has 1 aromatic carbocycles. The Bertz CT molecular complexity index is 1330. The summed E-state index contributed by atoms with van der Waals surface area (Å²) in [6.07, 6.45) is 12.1. The predicted molar refractivity (Wildman–Crippen MR) is 141 cm³/mol. The van der Waals surface area contributed by atoms with Crippen LogP contribution in [0.5, 0.6) is 0 Å². The summed E-state index contributed by atoms with van der Waals surface area (Å²) < 4.78 is 4.15. The van der Waals surface area contributed by atoms with Crippen LogP contribution in [-0.2, 0) is 13.0 Å². The van der Waals surface area contributed by atoms with Crippen LogP contribution < -0.4 is 5.69 Å². The predicted octanol–water partition coefficient (Wildman–Crippen LogP) is 5.49. The number of hydrogen-bond donors (Lipinski definition) is 1. The van der Waals surface area contributed by atoms with Crippen LogP contribution in [-0.4, -0.2) is 34.7 Å². The van der Waals surface area contributed by atoms with Gasteiger partial charge in [-0.15, -0.1) is 5.10 Å². The number of H-pyrrole nitrogens is 1. The van der Waals surface area contributed by atoms with Gasteiger partial charge in [-0.3, -0.25) is 14.1 Å². The average molecular weight is 486 g/mol. The van der Waals surface area contributed by atoms with E-state index in [1.54, 1.807) is 6.20 Å². The van der Waals surface area contributed by atoms with E-state index in [0.717, 1.165) is 42.4 Å². The molecule has 8 heteroatoms. The molecule has 0 radical (unpaired) electrons. The van der Waals surface area contributed by atoms with Gasteiger partial charge in [0.05, 0.1) is 6.54 Å². The molecule has 1 N–H and O–H groups in total. The monoisotopic (exact) mass is 485 g/mol. The lowest BCUT2D eigenvalue weighted by atomic mass is 9.95. The Kier molecular flexibility index (Phi) is 7.39. The second kappa shape index (κ2) is 11.0. The fourth-order valence-electron chi connectivity index (χ4n) is 5.57. The quantitative estimate of drug-likeness (QED) is 0.317. The Balaban J connectivity index is 1.45. The van der Waals surface area contributed by atoms with Crippen LogP contribution in [0.3, 0.4) is 0 Å². The zero-order chi connectivity index (χ0) is 24.9. The summed E-state index contributed by atoms with van der Waals surface area (Å²) in [5.74, 6) is 0.539. The molecule has 1 aliphatic carbocycles. The first-order valence-corrected chi connectivity index (χ1v) is 13.3. The number of nitrogens with zero attached hydrogens (tertiary/aromatic N) is 6. The largest absolute Gasteiger partial charge is 0.329 e. The second-order valence-electron chi connectivity index (χ2n) is 9.87. The number of rotatable bonds is 9. The highest BCUT2D eigenvalue weighted by molar-refractivity contribution is 5.77. The number of benzene rings is 1. The highest BCUT2D eigenvalue weighted by Gasteiger charge is 2.24. The first-order valence-electron chi connectivity index (χ1n) is 13.3. The van der Waals surface area contributed by atoms with Crippen LogP contribution >= 0.6 is 0 Å². The van der Waals surface area contributed by atoms with Crippen molar-refractivity contribution in [3.05, 3.63) is 70.0 Å². The Labute approximate surface area is 211 Å². The number of aromatic nitrogens is 7. The molecule has 1 fully saturated rings. The summed E-state index contributed by atoms with van der Waals surface area (Å²) >= 11 is 0. The Morgan fingerprint density at radius 2 is 1.86 bits per heavy atom. The first-order chi connectivity index (χ1) is 17.7. The maximum atomic E-state index is 13.7. The molecule has 3 heterocycles. The summed E-state index contributed by atoms with van der Waals surface area (Å²) in [4.78, 5) is 18.2. The van der Waals surface area contributed by atoms with Crippen LogP contribution in [0.15, 0.2) is 47.4 Å². The fourth-order valence-corrected chi connectivity index (χ4v) is 5.57. The van der Waals surface area contributed by atoms with E-state index in [0.29, 0.717) is 24.1 Å². The SMILES string of the molecule is CCCCCc1c(C)n(C2CCCCC2)c(=O)n1Cc1ccc(-c2cccnc2-c2nnn[nH]2)cc1. The molecule has 0 atom stereocenters. The molecule has 3 aromatic heterocycles. The molecule has 0 spiro atoms. The Hall–Kier alpha value is -3.55. The number of tetrazole rings is 1. The van der Waals surface area contributed by atoms with Crippen molar-refractivity contribution in [3.63, 3.8) is 0 Å². The van der Waals surface area contributed by atoms with Gasteiger partial charge in [-0.05, 0) is 60.2 Å². The molecule has 1 aliphatic rings. The van der Waals surface area contributed by atoms with Gasteiger partial charge in [-0.25, -0.2) is 9.89 Å². The summed E-state index contributed by atoms with van der Waals surface area (Å²) in [5, 5.41) is 14.2. The Morgan fingerprint density at radius 1 is 1.06 bits per heavy atom. The molecule has 188 valence electrons. The van der Waals surface area contributed by atoms with E-state index in [9.17, 15) is 4.79 Å². The van der Waals surface area contributed by atoms with Gasteiger partial charge in [0.15, 0.2) is 5.82 Å². The lowest BCUT2D eigenvalue weighted by molar-refractivity contribution is 0.340. The average Bonchev–Trinajstić information content (AvgIpc) is 3.53. The molecule has 0 aliphatic heterocycles. The van der Waals surface area contributed by atoms with Gasteiger partial charge in [0.2, 0.25) is 0 Å². The molecule has 1 saturated carbocycles. The van der Waals surface area contributed by atoms with Crippen molar-refractivity contribution in [1.82, 2.24) is 34.7 Å². The van der Waals surface area contributed by atoms with Crippen LogP contribution in [0, 0.1) is 6.92 Å². The highest BCUT2D eigenvalue weighted by Crippen LogP contribution is 2.30. The molecule has 0 saturated heterocycles. The summed E-state index contributed by atoms with van der Waals surface area (Å²) in [7, 11) is 0. The molecular weight excluding hydrogens is 450 g/mol. The molecule has 5 rings (SSSR count). The van der Waals surface area contributed by atoms with Crippen LogP contribution in [0.2, 0.25) is 0 Å². The maximum Gasteiger partial charge on any atom is 0.329 e. The van der Waals surface area contributed by atoms with Gasteiger partial charge in [-0.2, -0.15) is 0 Å². The highest BCUT2D eigenvalue weighted by atomic mass is 16.1. The number of pyridine rings is 1. The third-order valence-electron chi connectivity index (χ3n) is 7.48. The Morgan fingerprint density at radius 3 is 2.58 bits per heavy atom. The van der Waals surface area contributed by atoms with Crippen LogP contribution in [0.25, 0.3) is 22.6 Å². The third kappa shape index (κ3) is 4.90. The number of aromatic amines is 1. The van der Waals surface area contributed by atoms with Gasteiger partial charge in [0, 0.05) is 29.2 Å². The molecular formula is C28H35N7O. The van der Waals surface area contributed by atoms with Crippen molar-refractivity contribution in [2.75, 3.05) is 0 Å². The standard InChI is InChI=1S/C28H35N7O/c1-3-4-6-13-25-20(2)35(23-10-7-5-8-11-23)28(36)34(25)19-21-14-16-22(17-15-21)24-12-9-18-29-26(24)27-30-32-33-31-27/h9,12,14-18,23H,3-8,10-11,13,19H2,1-2H3,(H,30,31,32,33). The third-order valence-corrected chi connectivity index (χ3v) is 7.48. The van der Waals surface area contributed by atoms with E-state index < -0.39 is 0 Å². The zero-order valence-corrected chi connectivity index (χ0v) is 21.3. The van der Waals surface area contributed by atoms with Gasteiger partial charge >= 0.3 is 5.69 Å². The number of nitrogens with one attached hydrogen (secondary N) is 1. The van der Waals surface area contributed by atoms with Crippen LogP contribution in [0.1, 0.15) is 81.3 Å². The summed E-state index contributed by atoms with van der Waals surface area (Å²) in [6.45, 7) is 4.97. The zero-order valence-electron chi connectivity index (χ0n) is 21.3. The normalized spacial score (nSPS) is 14.4. The lowest BCUT2D eigenvalue weighted by Gasteiger charge is -2.23. The molecule has 0 bridgehead atoms. The smallest absolute Gasteiger partial charge is 0.293 e.